The molecule has 16 heavy (non-hydrogen) atoms. The van der Waals surface area contributed by atoms with Gasteiger partial charge in [-0.1, -0.05) is 6.07 Å². The molecule has 0 saturated carbocycles. The summed E-state index contributed by atoms with van der Waals surface area (Å²) in [6.45, 7) is 3.21. The largest absolute Gasteiger partial charge is 0.369 e. The second-order valence-electron chi connectivity index (χ2n) is 4.09. The highest BCUT2D eigenvalue weighted by molar-refractivity contribution is 9.10. The summed E-state index contributed by atoms with van der Waals surface area (Å²) in [5, 5.41) is 0. The standard InChI is InChI=1S/C11H14BrNO2S/c1-9-2-3-11(10(12)8-9)13-4-6-16(14,15)7-5-13/h2-3,8H,4-7H2,1H3. The first kappa shape index (κ1) is 11.9. The SMILES string of the molecule is Cc1ccc(N2CCS(=O)(=O)CC2)c(Br)c1. The van der Waals surface area contributed by atoms with E-state index in [9.17, 15) is 8.42 Å². The highest BCUT2D eigenvalue weighted by Crippen LogP contribution is 2.28. The average Bonchev–Trinajstić information content (AvgIpc) is 2.19. The zero-order valence-corrected chi connectivity index (χ0v) is 11.5. The monoisotopic (exact) mass is 303 g/mol. The number of sulfone groups is 1. The minimum Gasteiger partial charge on any atom is -0.369 e. The van der Waals surface area contributed by atoms with E-state index in [1.54, 1.807) is 0 Å². The van der Waals surface area contributed by atoms with E-state index in [0.717, 1.165) is 10.2 Å². The minimum atomic E-state index is -2.80. The Morgan fingerprint density at radius 1 is 1.25 bits per heavy atom. The lowest BCUT2D eigenvalue weighted by atomic mass is 10.2. The molecule has 0 bridgehead atoms. The summed E-state index contributed by atoms with van der Waals surface area (Å²) >= 11 is 3.52. The third-order valence-corrected chi connectivity index (χ3v) is 5.03. The van der Waals surface area contributed by atoms with Crippen LogP contribution in [0.3, 0.4) is 0 Å². The molecule has 1 aliphatic rings. The van der Waals surface area contributed by atoms with Crippen molar-refractivity contribution in [3.63, 3.8) is 0 Å². The summed E-state index contributed by atoms with van der Waals surface area (Å²) in [5.74, 6) is 0.515. The molecule has 5 heteroatoms. The number of halogens is 1. The fraction of sp³-hybridized carbons (Fsp3) is 0.455. The zero-order chi connectivity index (χ0) is 11.8. The zero-order valence-electron chi connectivity index (χ0n) is 9.11. The number of hydrogen-bond donors (Lipinski definition) is 0. The summed E-state index contributed by atoms with van der Waals surface area (Å²) < 4.78 is 23.7. The molecule has 0 spiro atoms. The number of nitrogens with zero attached hydrogens (tertiary/aromatic N) is 1. The van der Waals surface area contributed by atoms with Crippen molar-refractivity contribution < 1.29 is 8.42 Å². The maximum atomic E-state index is 11.3. The Kier molecular flexibility index (Phi) is 3.26. The fourth-order valence-electron chi connectivity index (χ4n) is 1.82. The molecule has 0 radical (unpaired) electrons. The van der Waals surface area contributed by atoms with Gasteiger partial charge in [0.15, 0.2) is 9.84 Å². The van der Waals surface area contributed by atoms with Gasteiger partial charge in [0.2, 0.25) is 0 Å². The molecular weight excluding hydrogens is 290 g/mol. The Bertz CT molecular complexity index is 485. The molecule has 1 heterocycles. The van der Waals surface area contributed by atoms with Gasteiger partial charge in [-0.2, -0.15) is 0 Å². The Morgan fingerprint density at radius 2 is 1.88 bits per heavy atom. The first-order chi connectivity index (χ1) is 7.48. The third kappa shape index (κ3) is 2.58. The second-order valence-corrected chi connectivity index (χ2v) is 7.25. The van der Waals surface area contributed by atoms with Gasteiger partial charge in [0.1, 0.15) is 0 Å². The van der Waals surface area contributed by atoms with Gasteiger partial charge in [-0.25, -0.2) is 8.42 Å². The smallest absolute Gasteiger partial charge is 0.153 e. The first-order valence-corrected chi connectivity index (χ1v) is 7.81. The Balaban J connectivity index is 2.20. The van der Waals surface area contributed by atoms with Crippen LogP contribution in [0.4, 0.5) is 5.69 Å². The van der Waals surface area contributed by atoms with Gasteiger partial charge in [-0.15, -0.1) is 0 Å². The predicted molar refractivity (Wildman–Crippen MR) is 69.7 cm³/mol. The summed E-state index contributed by atoms with van der Waals surface area (Å²) in [4.78, 5) is 2.12. The quantitative estimate of drug-likeness (QED) is 0.796. The van der Waals surface area contributed by atoms with Crippen LogP contribution in [0.1, 0.15) is 5.56 Å². The average molecular weight is 304 g/mol. The maximum absolute atomic E-state index is 11.3. The van der Waals surface area contributed by atoms with Crippen molar-refractivity contribution in [1.82, 2.24) is 0 Å². The highest BCUT2D eigenvalue weighted by atomic mass is 79.9. The van der Waals surface area contributed by atoms with Crippen LogP contribution < -0.4 is 4.90 Å². The molecule has 0 aliphatic carbocycles. The Labute approximate surface area is 105 Å². The number of rotatable bonds is 1. The van der Waals surface area contributed by atoms with Gasteiger partial charge >= 0.3 is 0 Å². The molecule has 1 aliphatic heterocycles. The van der Waals surface area contributed by atoms with E-state index < -0.39 is 9.84 Å². The molecule has 0 atom stereocenters. The van der Waals surface area contributed by atoms with Crippen LogP contribution in [-0.2, 0) is 9.84 Å². The number of hydrogen-bond acceptors (Lipinski definition) is 3. The number of benzene rings is 1. The molecule has 3 nitrogen and oxygen atoms in total. The van der Waals surface area contributed by atoms with E-state index in [4.69, 9.17) is 0 Å². The van der Waals surface area contributed by atoms with E-state index in [-0.39, 0.29) is 11.5 Å². The summed E-state index contributed by atoms with van der Waals surface area (Å²) in [7, 11) is -2.80. The van der Waals surface area contributed by atoms with E-state index in [1.165, 1.54) is 5.56 Å². The van der Waals surface area contributed by atoms with Crippen molar-refractivity contribution in [3.05, 3.63) is 28.2 Å². The molecule has 88 valence electrons. The van der Waals surface area contributed by atoms with Crippen molar-refractivity contribution in [2.24, 2.45) is 0 Å². The maximum Gasteiger partial charge on any atom is 0.153 e. The second kappa shape index (κ2) is 4.37. The van der Waals surface area contributed by atoms with E-state index in [1.807, 2.05) is 19.1 Å². The van der Waals surface area contributed by atoms with Gasteiger partial charge < -0.3 is 4.90 Å². The van der Waals surface area contributed by atoms with Crippen molar-refractivity contribution in [3.8, 4) is 0 Å². The molecule has 1 saturated heterocycles. The predicted octanol–water partition coefficient (Wildman–Crippen LogP) is 1.99. The van der Waals surface area contributed by atoms with Crippen LogP contribution in [0.25, 0.3) is 0 Å². The number of anilines is 1. The lowest BCUT2D eigenvalue weighted by molar-refractivity contribution is 0.586. The summed E-state index contributed by atoms with van der Waals surface area (Å²) in [6.07, 6.45) is 0. The van der Waals surface area contributed by atoms with Crippen molar-refractivity contribution in [2.45, 2.75) is 6.92 Å². The highest BCUT2D eigenvalue weighted by Gasteiger charge is 2.22. The van der Waals surface area contributed by atoms with E-state index >= 15 is 0 Å². The van der Waals surface area contributed by atoms with E-state index in [0.29, 0.717) is 13.1 Å². The molecule has 1 aromatic carbocycles. The van der Waals surface area contributed by atoms with Crippen molar-refractivity contribution in [2.75, 3.05) is 29.5 Å². The topological polar surface area (TPSA) is 37.4 Å². The van der Waals surface area contributed by atoms with Crippen LogP contribution in [0.15, 0.2) is 22.7 Å². The lowest BCUT2D eigenvalue weighted by Gasteiger charge is -2.29. The first-order valence-electron chi connectivity index (χ1n) is 5.19. The molecule has 1 aromatic rings. The third-order valence-electron chi connectivity index (χ3n) is 2.79. The van der Waals surface area contributed by atoms with Crippen LogP contribution in [-0.4, -0.2) is 33.0 Å². The Hall–Kier alpha value is -0.550. The van der Waals surface area contributed by atoms with Crippen molar-refractivity contribution in [1.29, 1.82) is 0 Å². The number of aryl methyl sites for hydroxylation is 1. The van der Waals surface area contributed by atoms with Gasteiger partial charge in [-0.05, 0) is 40.5 Å². The summed E-state index contributed by atoms with van der Waals surface area (Å²) in [6, 6.07) is 6.14. The van der Waals surface area contributed by atoms with Gasteiger partial charge in [0, 0.05) is 17.6 Å². The molecular formula is C11H14BrNO2S. The molecule has 2 rings (SSSR count). The molecule has 0 N–H and O–H groups in total. The van der Waals surface area contributed by atoms with Crippen LogP contribution in [0.5, 0.6) is 0 Å². The van der Waals surface area contributed by atoms with Gasteiger partial charge in [0.25, 0.3) is 0 Å². The van der Waals surface area contributed by atoms with Gasteiger partial charge in [-0.3, -0.25) is 0 Å². The molecule has 0 unspecified atom stereocenters. The van der Waals surface area contributed by atoms with E-state index in [2.05, 4.69) is 26.9 Å². The summed E-state index contributed by atoms with van der Waals surface area (Å²) in [5.41, 5.74) is 2.28. The Morgan fingerprint density at radius 3 is 2.44 bits per heavy atom. The van der Waals surface area contributed by atoms with Gasteiger partial charge in [0.05, 0.1) is 17.2 Å². The molecule has 1 fully saturated rings. The minimum absolute atomic E-state index is 0.257. The normalized spacial score (nSPS) is 19.8. The fourth-order valence-corrected chi connectivity index (χ4v) is 3.77. The van der Waals surface area contributed by atoms with Crippen molar-refractivity contribution >= 4 is 31.5 Å². The van der Waals surface area contributed by atoms with Crippen LogP contribution >= 0.6 is 15.9 Å². The molecule has 0 aromatic heterocycles. The van der Waals surface area contributed by atoms with Crippen LogP contribution in [0, 0.1) is 6.92 Å². The lowest BCUT2D eigenvalue weighted by Crippen LogP contribution is -2.40. The van der Waals surface area contributed by atoms with Crippen LogP contribution in [0.2, 0.25) is 0 Å². The molecule has 0 amide bonds.